The van der Waals surface area contributed by atoms with Crippen molar-refractivity contribution in [3.63, 3.8) is 0 Å². The van der Waals surface area contributed by atoms with E-state index >= 15 is 0 Å². The molecule has 2 unspecified atom stereocenters. The van der Waals surface area contributed by atoms with E-state index in [0.717, 1.165) is 51.4 Å². The van der Waals surface area contributed by atoms with Gasteiger partial charge in [0.25, 0.3) is 0 Å². The molecule has 2 atom stereocenters. The molecule has 70 heavy (non-hydrogen) atoms. The molecule has 0 heterocycles. The average Bonchev–Trinajstić information content (AvgIpc) is 3.36. The highest BCUT2D eigenvalue weighted by molar-refractivity contribution is 5.76. The highest BCUT2D eigenvalue weighted by Crippen LogP contribution is 2.17. The zero-order valence-corrected chi connectivity index (χ0v) is 47.0. The molecule has 0 aliphatic carbocycles. The molecular weight excluding hydrogens is 863 g/mol. The van der Waals surface area contributed by atoms with Crippen LogP contribution in [0.1, 0.15) is 335 Å². The number of hydrogen-bond donors (Lipinski definition) is 3. The Bertz CT molecular complexity index is 1130. The summed E-state index contributed by atoms with van der Waals surface area (Å²) in [5.41, 5.74) is 0. The van der Waals surface area contributed by atoms with Crippen molar-refractivity contribution >= 4 is 11.9 Å². The lowest BCUT2D eigenvalue weighted by Crippen LogP contribution is -2.45. The van der Waals surface area contributed by atoms with Crippen LogP contribution in [0.4, 0.5) is 0 Å². The van der Waals surface area contributed by atoms with E-state index in [1.165, 1.54) is 250 Å². The third-order valence-corrected chi connectivity index (χ3v) is 14.4. The predicted molar refractivity (Wildman–Crippen MR) is 306 cm³/mol. The fourth-order valence-electron chi connectivity index (χ4n) is 9.61. The van der Waals surface area contributed by atoms with Crippen LogP contribution in [0.5, 0.6) is 0 Å². The lowest BCUT2D eigenvalue weighted by Gasteiger charge is -2.22. The molecule has 0 bridgehead atoms. The highest BCUT2D eigenvalue weighted by Gasteiger charge is 2.20. The molecule has 0 saturated heterocycles. The topological polar surface area (TPSA) is 95.9 Å². The Morgan fingerprint density at radius 3 is 1.11 bits per heavy atom. The first kappa shape index (κ1) is 68.1. The van der Waals surface area contributed by atoms with E-state index in [4.69, 9.17) is 4.74 Å². The second-order valence-electron chi connectivity index (χ2n) is 21.4. The molecule has 412 valence electrons. The Labute approximate surface area is 436 Å². The van der Waals surface area contributed by atoms with Gasteiger partial charge in [-0.15, -0.1) is 0 Å². The van der Waals surface area contributed by atoms with E-state index in [-0.39, 0.29) is 18.5 Å². The summed E-state index contributed by atoms with van der Waals surface area (Å²) < 4.78 is 5.49. The van der Waals surface area contributed by atoms with Gasteiger partial charge in [-0.2, -0.15) is 0 Å². The van der Waals surface area contributed by atoms with Crippen LogP contribution in [0.25, 0.3) is 0 Å². The average molecular weight is 985 g/mol. The number of unbranched alkanes of at least 4 members (excludes halogenated alkanes) is 41. The largest absolute Gasteiger partial charge is 0.466 e. The molecule has 0 aromatic carbocycles. The molecule has 6 nitrogen and oxygen atoms in total. The summed E-state index contributed by atoms with van der Waals surface area (Å²) in [4.78, 5) is 24.5. The number of aliphatic hydroxyl groups is 2. The van der Waals surface area contributed by atoms with Gasteiger partial charge in [0.05, 0.1) is 25.4 Å². The number of carbonyl (C=O) groups is 2. The number of allylic oxidation sites excluding steroid dienone is 6. The van der Waals surface area contributed by atoms with Gasteiger partial charge in [-0.25, -0.2) is 0 Å². The van der Waals surface area contributed by atoms with Crippen LogP contribution in [-0.4, -0.2) is 47.4 Å². The molecule has 0 aliphatic heterocycles. The third-order valence-electron chi connectivity index (χ3n) is 14.4. The standard InChI is InChI=1S/C64H121NO5/c1-3-5-7-9-11-13-15-16-17-18-29-32-35-38-42-46-50-54-58-64(69)70-59-55-51-47-43-39-36-33-30-27-25-23-21-19-20-22-24-26-28-31-34-37-41-45-49-53-57-63(68)65-61(60-66)62(67)56-52-48-44-40-14-12-10-8-6-4-2/h13,15,17-18,20,22,61-62,66-67H,3-12,14,16,19,21,23-60H2,1-2H3,(H,65,68)/b15-13-,18-17-,22-20-. The molecule has 6 heteroatoms. The van der Waals surface area contributed by atoms with E-state index in [1.54, 1.807) is 0 Å². The highest BCUT2D eigenvalue weighted by atomic mass is 16.5. The molecule has 0 aliphatic rings. The zero-order chi connectivity index (χ0) is 50.7. The molecule has 0 radical (unpaired) electrons. The molecule has 0 aromatic rings. The lowest BCUT2D eigenvalue weighted by molar-refractivity contribution is -0.143. The molecule has 1 amide bonds. The summed E-state index contributed by atoms with van der Waals surface area (Å²) in [6, 6.07) is -0.542. The Hall–Kier alpha value is -1.92. The number of rotatable bonds is 58. The minimum Gasteiger partial charge on any atom is -0.466 e. The Kier molecular flexibility index (Phi) is 58.0. The predicted octanol–water partition coefficient (Wildman–Crippen LogP) is 19.6. The van der Waals surface area contributed by atoms with Gasteiger partial charge < -0.3 is 20.3 Å². The van der Waals surface area contributed by atoms with Crippen molar-refractivity contribution in [2.75, 3.05) is 13.2 Å². The second-order valence-corrected chi connectivity index (χ2v) is 21.4. The summed E-state index contributed by atoms with van der Waals surface area (Å²) >= 11 is 0. The maximum atomic E-state index is 12.4. The van der Waals surface area contributed by atoms with Crippen molar-refractivity contribution < 1.29 is 24.5 Å². The minimum atomic E-state index is -0.664. The second kappa shape index (κ2) is 59.6. The van der Waals surface area contributed by atoms with Gasteiger partial charge in [0.1, 0.15) is 0 Å². The SMILES string of the molecule is CCCCCC/C=C\C/C=C\CCCCCCCCCC(=O)OCCCCCCCCCCCCCC/C=C\CCCCCCCCCCCC(=O)NC(CO)C(O)CCCCCCCCCCCC. The molecule has 0 aromatic heterocycles. The van der Waals surface area contributed by atoms with Crippen molar-refractivity contribution in [3.8, 4) is 0 Å². The molecule has 0 rings (SSSR count). The third kappa shape index (κ3) is 55.4. The van der Waals surface area contributed by atoms with Gasteiger partial charge in [-0.05, 0) is 83.5 Å². The van der Waals surface area contributed by atoms with Crippen molar-refractivity contribution in [3.05, 3.63) is 36.5 Å². The Morgan fingerprint density at radius 1 is 0.400 bits per heavy atom. The van der Waals surface area contributed by atoms with Crippen LogP contribution in [0.2, 0.25) is 0 Å². The van der Waals surface area contributed by atoms with Crippen molar-refractivity contribution in [1.29, 1.82) is 0 Å². The van der Waals surface area contributed by atoms with E-state index in [9.17, 15) is 19.8 Å². The first-order chi connectivity index (χ1) is 34.5. The fraction of sp³-hybridized carbons (Fsp3) is 0.875. The van der Waals surface area contributed by atoms with Crippen LogP contribution < -0.4 is 5.32 Å². The van der Waals surface area contributed by atoms with Crippen molar-refractivity contribution in [1.82, 2.24) is 5.32 Å². The number of esters is 1. The molecule has 0 spiro atoms. The first-order valence-electron chi connectivity index (χ1n) is 31.2. The Morgan fingerprint density at radius 2 is 0.714 bits per heavy atom. The summed E-state index contributed by atoms with van der Waals surface area (Å²) in [6.45, 7) is 4.93. The van der Waals surface area contributed by atoms with Gasteiger partial charge in [0, 0.05) is 12.8 Å². The van der Waals surface area contributed by atoms with Crippen LogP contribution in [0, 0.1) is 0 Å². The van der Waals surface area contributed by atoms with Crippen LogP contribution in [0.3, 0.4) is 0 Å². The number of hydrogen-bond acceptors (Lipinski definition) is 5. The molecular formula is C64H121NO5. The summed E-state index contributed by atoms with van der Waals surface area (Å²) in [5.74, 6) is -0.0333. The van der Waals surface area contributed by atoms with E-state index in [2.05, 4.69) is 55.6 Å². The maximum Gasteiger partial charge on any atom is 0.305 e. The summed E-state index contributed by atoms with van der Waals surface area (Å²) in [5, 5.41) is 23.2. The molecule has 0 saturated carbocycles. The number of ether oxygens (including phenoxy) is 1. The Balaban J connectivity index is 3.37. The van der Waals surface area contributed by atoms with Crippen LogP contribution in [0.15, 0.2) is 36.5 Å². The first-order valence-corrected chi connectivity index (χ1v) is 31.2. The molecule has 3 N–H and O–H groups in total. The van der Waals surface area contributed by atoms with Gasteiger partial charge in [0.2, 0.25) is 5.91 Å². The minimum absolute atomic E-state index is 0.00606. The van der Waals surface area contributed by atoms with Gasteiger partial charge in [-0.1, -0.05) is 275 Å². The summed E-state index contributed by atoms with van der Waals surface area (Å²) in [6.07, 6.45) is 74.5. The number of nitrogens with one attached hydrogen (secondary N) is 1. The summed E-state index contributed by atoms with van der Waals surface area (Å²) in [7, 11) is 0. The normalized spacial score (nSPS) is 12.8. The lowest BCUT2D eigenvalue weighted by atomic mass is 10.0. The van der Waals surface area contributed by atoms with E-state index in [0.29, 0.717) is 25.9 Å². The van der Waals surface area contributed by atoms with Crippen molar-refractivity contribution in [2.24, 2.45) is 0 Å². The smallest absolute Gasteiger partial charge is 0.305 e. The molecule has 0 fully saturated rings. The number of amides is 1. The zero-order valence-electron chi connectivity index (χ0n) is 47.0. The number of aliphatic hydroxyl groups excluding tert-OH is 2. The fourth-order valence-corrected chi connectivity index (χ4v) is 9.61. The monoisotopic (exact) mass is 984 g/mol. The van der Waals surface area contributed by atoms with Gasteiger partial charge in [-0.3, -0.25) is 9.59 Å². The quantitative estimate of drug-likeness (QED) is 0.0321. The van der Waals surface area contributed by atoms with Crippen molar-refractivity contribution in [2.45, 2.75) is 347 Å². The van der Waals surface area contributed by atoms with Crippen LogP contribution in [-0.2, 0) is 14.3 Å². The van der Waals surface area contributed by atoms with Crippen LogP contribution >= 0.6 is 0 Å². The van der Waals surface area contributed by atoms with Gasteiger partial charge in [0.15, 0.2) is 0 Å². The van der Waals surface area contributed by atoms with Gasteiger partial charge >= 0.3 is 5.97 Å². The van der Waals surface area contributed by atoms with E-state index in [1.807, 2.05) is 0 Å². The van der Waals surface area contributed by atoms with E-state index < -0.39 is 12.1 Å². The number of carbonyl (C=O) groups excluding carboxylic acids is 2. The maximum absolute atomic E-state index is 12.4.